The van der Waals surface area contributed by atoms with E-state index in [1.54, 1.807) is 6.92 Å². The predicted molar refractivity (Wildman–Crippen MR) is 94.0 cm³/mol. The van der Waals surface area contributed by atoms with Crippen molar-refractivity contribution in [3.8, 4) is 0 Å². The SMILES string of the molecule is CC(C)CNC(=O)C(C)N1CCN(S(=O)(=O)c2cc(F)ccc2F)CC1. The molecule has 1 aromatic carbocycles. The summed E-state index contributed by atoms with van der Waals surface area (Å²) < 4.78 is 53.4. The first-order valence-electron chi connectivity index (χ1n) is 8.60. The van der Waals surface area contributed by atoms with Crippen molar-refractivity contribution in [1.82, 2.24) is 14.5 Å². The normalized spacial score (nSPS) is 18.1. The minimum atomic E-state index is -4.11. The minimum Gasteiger partial charge on any atom is -0.354 e. The van der Waals surface area contributed by atoms with Crippen LogP contribution in [0.1, 0.15) is 20.8 Å². The zero-order valence-corrected chi connectivity index (χ0v) is 16.0. The van der Waals surface area contributed by atoms with Crippen LogP contribution in [0.25, 0.3) is 0 Å². The lowest BCUT2D eigenvalue weighted by molar-refractivity contribution is -0.126. The summed E-state index contributed by atoms with van der Waals surface area (Å²) in [5.74, 6) is -1.55. The van der Waals surface area contributed by atoms with Gasteiger partial charge in [0.25, 0.3) is 0 Å². The molecule has 26 heavy (non-hydrogen) atoms. The van der Waals surface area contributed by atoms with Crippen LogP contribution in [0.2, 0.25) is 0 Å². The van der Waals surface area contributed by atoms with E-state index in [9.17, 15) is 22.0 Å². The summed E-state index contributed by atoms with van der Waals surface area (Å²) in [4.78, 5) is 13.4. The van der Waals surface area contributed by atoms with Crippen molar-refractivity contribution < 1.29 is 22.0 Å². The van der Waals surface area contributed by atoms with Gasteiger partial charge in [0.1, 0.15) is 16.5 Å². The largest absolute Gasteiger partial charge is 0.354 e. The Labute approximate surface area is 153 Å². The molecule has 2 rings (SSSR count). The standard InChI is InChI=1S/C17H25F2N3O3S/c1-12(2)11-20-17(23)13(3)21-6-8-22(9-7-21)26(24,25)16-10-14(18)4-5-15(16)19/h4-5,10,12-13H,6-9,11H2,1-3H3,(H,20,23). The Morgan fingerprint density at radius 1 is 1.15 bits per heavy atom. The summed E-state index contributed by atoms with van der Waals surface area (Å²) in [5, 5.41) is 2.86. The average Bonchev–Trinajstić information content (AvgIpc) is 2.61. The van der Waals surface area contributed by atoms with Crippen LogP contribution in [0.5, 0.6) is 0 Å². The van der Waals surface area contributed by atoms with E-state index < -0.39 is 26.6 Å². The fourth-order valence-electron chi connectivity index (χ4n) is 2.76. The highest BCUT2D eigenvalue weighted by Gasteiger charge is 2.33. The summed E-state index contributed by atoms with van der Waals surface area (Å²) in [6.45, 7) is 7.25. The maximum atomic E-state index is 13.8. The van der Waals surface area contributed by atoms with Gasteiger partial charge in [0.15, 0.2) is 0 Å². The van der Waals surface area contributed by atoms with Gasteiger partial charge in [-0.25, -0.2) is 17.2 Å². The van der Waals surface area contributed by atoms with Gasteiger partial charge in [-0.15, -0.1) is 0 Å². The number of benzene rings is 1. The third-order valence-corrected chi connectivity index (χ3v) is 6.31. The lowest BCUT2D eigenvalue weighted by Gasteiger charge is -2.36. The Bertz CT molecular complexity index is 748. The second-order valence-electron chi connectivity index (χ2n) is 6.83. The van der Waals surface area contributed by atoms with Gasteiger partial charge in [0.2, 0.25) is 15.9 Å². The van der Waals surface area contributed by atoms with Gasteiger partial charge in [-0.2, -0.15) is 4.31 Å². The molecule has 1 atom stereocenters. The molecule has 0 aromatic heterocycles. The first-order chi connectivity index (χ1) is 12.1. The van der Waals surface area contributed by atoms with Crippen LogP contribution in [0, 0.1) is 17.6 Å². The number of sulfonamides is 1. The van der Waals surface area contributed by atoms with E-state index >= 15 is 0 Å². The van der Waals surface area contributed by atoms with Crippen molar-refractivity contribution in [2.24, 2.45) is 5.92 Å². The van der Waals surface area contributed by atoms with Gasteiger partial charge in [-0.1, -0.05) is 13.8 Å². The van der Waals surface area contributed by atoms with Crippen molar-refractivity contribution >= 4 is 15.9 Å². The van der Waals surface area contributed by atoms with Crippen molar-refractivity contribution in [2.45, 2.75) is 31.7 Å². The topological polar surface area (TPSA) is 69.7 Å². The lowest BCUT2D eigenvalue weighted by atomic mass is 10.2. The number of rotatable bonds is 6. The molecule has 1 heterocycles. The molecular formula is C17H25F2N3O3S. The van der Waals surface area contributed by atoms with Crippen LogP contribution in [0.15, 0.2) is 23.1 Å². The molecule has 146 valence electrons. The zero-order valence-electron chi connectivity index (χ0n) is 15.2. The third-order valence-electron chi connectivity index (χ3n) is 4.40. The van der Waals surface area contributed by atoms with Crippen molar-refractivity contribution in [2.75, 3.05) is 32.7 Å². The number of piperazine rings is 1. The van der Waals surface area contributed by atoms with E-state index in [1.165, 1.54) is 0 Å². The second-order valence-corrected chi connectivity index (χ2v) is 8.74. The van der Waals surface area contributed by atoms with Gasteiger partial charge < -0.3 is 5.32 Å². The Balaban J connectivity index is 2.01. The highest BCUT2D eigenvalue weighted by atomic mass is 32.2. The molecule has 1 fully saturated rings. The number of carbonyl (C=O) groups excluding carboxylic acids is 1. The number of amides is 1. The molecule has 0 saturated carbocycles. The molecule has 1 N–H and O–H groups in total. The zero-order chi connectivity index (χ0) is 19.5. The molecule has 1 saturated heterocycles. The van der Waals surface area contributed by atoms with Gasteiger partial charge in [0, 0.05) is 32.7 Å². The molecule has 6 nitrogen and oxygen atoms in total. The van der Waals surface area contributed by atoms with E-state index in [0.717, 1.165) is 16.4 Å². The van der Waals surface area contributed by atoms with E-state index in [0.29, 0.717) is 31.6 Å². The van der Waals surface area contributed by atoms with Crippen LogP contribution in [0.3, 0.4) is 0 Å². The number of halogens is 2. The molecule has 1 aliphatic heterocycles. The van der Waals surface area contributed by atoms with E-state index in [-0.39, 0.29) is 25.0 Å². The Morgan fingerprint density at radius 3 is 2.35 bits per heavy atom. The highest BCUT2D eigenvalue weighted by Crippen LogP contribution is 2.22. The van der Waals surface area contributed by atoms with E-state index in [4.69, 9.17) is 0 Å². The van der Waals surface area contributed by atoms with E-state index in [1.807, 2.05) is 18.7 Å². The molecule has 0 aliphatic carbocycles. The first kappa shape index (κ1) is 20.7. The Kier molecular flexibility index (Phi) is 6.70. The van der Waals surface area contributed by atoms with Crippen molar-refractivity contribution in [3.63, 3.8) is 0 Å². The summed E-state index contributed by atoms with van der Waals surface area (Å²) >= 11 is 0. The van der Waals surface area contributed by atoms with Crippen LogP contribution in [-0.4, -0.2) is 62.3 Å². The summed E-state index contributed by atoms with van der Waals surface area (Å²) in [6.07, 6.45) is 0. The Morgan fingerprint density at radius 2 is 1.77 bits per heavy atom. The fourth-order valence-corrected chi connectivity index (χ4v) is 4.26. The number of carbonyl (C=O) groups is 1. The Hall–Kier alpha value is -1.58. The summed E-state index contributed by atoms with van der Waals surface area (Å²) in [5.41, 5.74) is 0. The summed E-state index contributed by atoms with van der Waals surface area (Å²) in [7, 11) is -4.11. The van der Waals surface area contributed by atoms with Gasteiger partial charge in [0.05, 0.1) is 6.04 Å². The lowest BCUT2D eigenvalue weighted by Crippen LogP contribution is -2.55. The van der Waals surface area contributed by atoms with Gasteiger partial charge in [-0.3, -0.25) is 9.69 Å². The van der Waals surface area contributed by atoms with Crippen LogP contribution >= 0.6 is 0 Å². The molecular weight excluding hydrogens is 364 g/mol. The number of nitrogens with one attached hydrogen (secondary N) is 1. The molecule has 0 bridgehead atoms. The van der Waals surface area contributed by atoms with Gasteiger partial charge in [-0.05, 0) is 31.0 Å². The third kappa shape index (κ3) is 4.77. The predicted octanol–water partition coefficient (Wildman–Crippen LogP) is 1.43. The van der Waals surface area contributed by atoms with Crippen LogP contribution in [-0.2, 0) is 14.8 Å². The summed E-state index contributed by atoms with van der Waals surface area (Å²) in [6, 6.07) is 1.99. The number of hydrogen-bond donors (Lipinski definition) is 1. The first-order valence-corrected chi connectivity index (χ1v) is 10.0. The molecule has 9 heteroatoms. The van der Waals surface area contributed by atoms with Gasteiger partial charge >= 0.3 is 0 Å². The highest BCUT2D eigenvalue weighted by molar-refractivity contribution is 7.89. The van der Waals surface area contributed by atoms with Crippen molar-refractivity contribution in [3.05, 3.63) is 29.8 Å². The quantitative estimate of drug-likeness (QED) is 0.799. The molecule has 1 unspecified atom stereocenters. The molecule has 0 radical (unpaired) electrons. The fraction of sp³-hybridized carbons (Fsp3) is 0.588. The maximum Gasteiger partial charge on any atom is 0.246 e. The maximum absolute atomic E-state index is 13.8. The number of nitrogens with zero attached hydrogens (tertiary/aromatic N) is 2. The van der Waals surface area contributed by atoms with Crippen LogP contribution in [0.4, 0.5) is 8.78 Å². The molecule has 1 aromatic rings. The second kappa shape index (κ2) is 8.41. The van der Waals surface area contributed by atoms with E-state index in [2.05, 4.69) is 5.32 Å². The molecule has 1 aliphatic rings. The smallest absolute Gasteiger partial charge is 0.246 e. The van der Waals surface area contributed by atoms with Crippen LogP contribution < -0.4 is 5.32 Å². The average molecular weight is 389 g/mol. The molecule has 1 amide bonds. The number of hydrogen-bond acceptors (Lipinski definition) is 4. The molecule has 0 spiro atoms. The van der Waals surface area contributed by atoms with Crippen molar-refractivity contribution in [1.29, 1.82) is 0 Å². The minimum absolute atomic E-state index is 0.105. The monoisotopic (exact) mass is 389 g/mol.